The highest BCUT2D eigenvalue weighted by Gasteiger charge is 2.11. The van der Waals surface area contributed by atoms with Crippen molar-refractivity contribution in [2.45, 2.75) is 0 Å². The third-order valence-electron chi connectivity index (χ3n) is 6.17. The molecule has 0 saturated carbocycles. The standard InChI is InChI=1S/C34H36N2O4S2/c37-33(27-11-3-1-4-12-27)35-19-23-41-25-21-39-31-17-9-7-15-29(31)30-16-8-10-18-32(30)40-22-26-42-24-20-36-34(38)28-13-5-2-6-14-28/h1-18H,19-26H2,(H,35,37)(H,36,38). The molecule has 0 bridgehead atoms. The third kappa shape index (κ3) is 10.2. The third-order valence-corrected chi connectivity index (χ3v) is 8.07. The Morgan fingerprint density at radius 2 is 0.881 bits per heavy atom. The summed E-state index contributed by atoms with van der Waals surface area (Å²) in [6.07, 6.45) is 0. The number of carbonyl (C=O) groups is 2. The summed E-state index contributed by atoms with van der Waals surface area (Å²) in [6, 6.07) is 34.5. The predicted octanol–water partition coefficient (Wildman–Crippen LogP) is 6.44. The van der Waals surface area contributed by atoms with E-state index in [0.717, 1.165) is 45.6 Å². The molecule has 0 atom stereocenters. The van der Waals surface area contributed by atoms with Gasteiger partial charge >= 0.3 is 0 Å². The van der Waals surface area contributed by atoms with E-state index in [0.29, 0.717) is 37.4 Å². The van der Waals surface area contributed by atoms with Crippen molar-refractivity contribution in [3.05, 3.63) is 120 Å². The van der Waals surface area contributed by atoms with Gasteiger partial charge in [-0.05, 0) is 36.4 Å². The molecule has 0 radical (unpaired) electrons. The van der Waals surface area contributed by atoms with Crippen molar-refractivity contribution in [2.24, 2.45) is 0 Å². The summed E-state index contributed by atoms with van der Waals surface area (Å²) in [5, 5.41) is 5.91. The number of rotatable bonds is 17. The number of ether oxygens (including phenoxy) is 2. The zero-order chi connectivity index (χ0) is 29.2. The minimum Gasteiger partial charge on any atom is -0.492 e. The number of thioether (sulfide) groups is 2. The number of benzene rings is 4. The number of amides is 2. The van der Waals surface area contributed by atoms with E-state index in [2.05, 4.69) is 10.6 Å². The predicted molar refractivity (Wildman–Crippen MR) is 175 cm³/mol. The summed E-state index contributed by atoms with van der Waals surface area (Å²) < 4.78 is 12.3. The molecule has 6 nitrogen and oxygen atoms in total. The van der Waals surface area contributed by atoms with Crippen molar-refractivity contribution < 1.29 is 19.1 Å². The minimum absolute atomic E-state index is 0.0480. The van der Waals surface area contributed by atoms with Crippen molar-refractivity contribution in [1.82, 2.24) is 10.6 Å². The fourth-order valence-electron chi connectivity index (χ4n) is 4.11. The van der Waals surface area contributed by atoms with Crippen LogP contribution in [0.3, 0.4) is 0 Å². The Balaban J connectivity index is 1.16. The van der Waals surface area contributed by atoms with Crippen LogP contribution in [0.15, 0.2) is 109 Å². The monoisotopic (exact) mass is 600 g/mol. The molecule has 4 aromatic carbocycles. The Hall–Kier alpha value is -3.88. The van der Waals surface area contributed by atoms with Gasteiger partial charge in [0.2, 0.25) is 0 Å². The molecule has 218 valence electrons. The molecular weight excluding hydrogens is 565 g/mol. The summed E-state index contributed by atoms with van der Waals surface area (Å²) >= 11 is 3.49. The first-order valence-electron chi connectivity index (χ1n) is 14.0. The Bertz CT molecular complexity index is 1280. The van der Waals surface area contributed by atoms with Crippen LogP contribution in [0, 0.1) is 0 Å². The molecule has 8 heteroatoms. The lowest BCUT2D eigenvalue weighted by Gasteiger charge is -2.15. The van der Waals surface area contributed by atoms with E-state index in [4.69, 9.17) is 9.47 Å². The van der Waals surface area contributed by atoms with Crippen LogP contribution in [0.25, 0.3) is 11.1 Å². The molecule has 2 amide bonds. The normalized spacial score (nSPS) is 10.6. The molecule has 42 heavy (non-hydrogen) atoms. The van der Waals surface area contributed by atoms with Gasteiger partial charge in [0.25, 0.3) is 11.8 Å². The van der Waals surface area contributed by atoms with E-state index in [1.54, 1.807) is 23.5 Å². The fraction of sp³-hybridized carbons (Fsp3) is 0.235. The largest absolute Gasteiger partial charge is 0.492 e. The Morgan fingerprint density at radius 1 is 0.500 bits per heavy atom. The lowest BCUT2D eigenvalue weighted by atomic mass is 10.0. The van der Waals surface area contributed by atoms with Crippen molar-refractivity contribution in [3.8, 4) is 22.6 Å². The first-order chi connectivity index (χ1) is 20.7. The molecule has 0 saturated heterocycles. The molecule has 0 fully saturated rings. The summed E-state index contributed by atoms with van der Waals surface area (Å²) in [5.74, 6) is 4.80. The Labute approximate surface area is 256 Å². The molecule has 0 unspecified atom stereocenters. The maximum absolute atomic E-state index is 12.1. The maximum Gasteiger partial charge on any atom is 0.251 e. The van der Waals surface area contributed by atoms with E-state index >= 15 is 0 Å². The first kappa shape index (κ1) is 31.1. The average molecular weight is 601 g/mol. The van der Waals surface area contributed by atoms with Crippen LogP contribution in [0.5, 0.6) is 11.5 Å². The smallest absolute Gasteiger partial charge is 0.251 e. The zero-order valence-corrected chi connectivity index (χ0v) is 25.1. The second kappa shape index (κ2) is 17.8. The molecule has 0 aromatic heterocycles. The summed E-state index contributed by atoms with van der Waals surface area (Å²) in [4.78, 5) is 24.3. The fourth-order valence-corrected chi connectivity index (χ4v) is 5.42. The van der Waals surface area contributed by atoms with Crippen LogP contribution < -0.4 is 20.1 Å². The molecule has 0 spiro atoms. The highest BCUT2D eigenvalue weighted by atomic mass is 32.2. The van der Waals surface area contributed by atoms with Crippen molar-refractivity contribution in [2.75, 3.05) is 49.3 Å². The number of para-hydroxylation sites is 2. The van der Waals surface area contributed by atoms with Crippen LogP contribution in [0.4, 0.5) is 0 Å². The number of hydrogen-bond donors (Lipinski definition) is 2. The van der Waals surface area contributed by atoms with E-state index in [-0.39, 0.29) is 11.8 Å². The molecular formula is C34H36N2O4S2. The van der Waals surface area contributed by atoms with Gasteiger partial charge in [0.15, 0.2) is 0 Å². The quantitative estimate of drug-likeness (QED) is 0.136. The van der Waals surface area contributed by atoms with E-state index in [1.165, 1.54) is 0 Å². The molecule has 0 aliphatic heterocycles. The van der Waals surface area contributed by atoms with E-state index < -0.39 is 0 Å². The zero-order valence-electron chi connectivity index (χ0n) is 23.5. The Morgan fingerprint density at radius 3 is 1.31 bits per heavy atom. The van der Waals surface area contributed by atoms with Gasteiger partial charge in [-0.25, -0.2) is 0 Å². The summed E-state index contributed by atoms with van der Waals surface area (Å²) in [7, 11) is 0. The number of carbonyl (C=O) groups excluding carboxylic acids is 2. The van der Waals surface area contributed by atoms with Gasteiger partial charge < -0.3 is 20.1 Å². The van der Waals surface area contributed by atoms with Gasteiger partial charge in [-0.3, -0.25) is 9.59 Å². The van der Waals surface area contributed by atoms with Crippen LogP contribution >= 0.6 is 23.5 Å². The van der Waals surface area contributed by atoms with Gasteiger partial charge in [-0.1, -0.05) is 72.8 Å². The van der Waals surface area contributed by atoms with Crippen LogP contribution in [-0.2, 0) is 0 Å². The molecule has 0 heterocycles. The topological polar surface area (TPSA) is 76.7 Å². The molecule has 0 aliphatic rings. The van der Waals surface area contributed by atoms with Crippen LogP contribution in [-0.4, -0.2) is 61.1 Å². The van der Waals surface area contributed by atoms with Crippen LogP contribution in [0.1, 0.15) is 20.7 Å². The number of hydrogen-bond acceptors (Lipinski definition) is 6. The molecule has 4 rings (SSSR count). The highest BCUT2D eigenvalue weighted by molar-refractivity contribution is 7.99. The minimum atomic E-state index is -0.0480. The summed E-state index contributed by atoms with van der Waals surface area (Å²) in [6.45, 7) is 2.35. The maximum atomic E-state index is 12.1. The van der Waals surface area contributed by atoms with Crippen molar-refractivity contribution in [3.63, 3.8) is 0 Å². The van der Waals surface area contributed by atoms with Gasteiger partial charge in [0.1, 0.15) is 11.5 Å². The van der Waals surface area contributed by atoms with E-state index in [9.17, 15) is 9.59 Å². The lowest BCUT2D eigenvalue weighted by Crippen LogP contribution is -2.25. The molecule has 2 N–H and O–H groups in total. The van der Waals surface area contributed by atoms with E-state index in [1.807, 2.05) is 109 Å². The Kier molecular flexibility index (Phi) is 13.2. The van der Waals surface area contributed by atoms with Gasteiger partial charge in [0.05, 0.1) is 13.2 Å². The second-order valence-electron chi connectivity index (χ2n) is 9.16. The van der Waals surface area contributed by atoms with Crippen molar-refractivity contribution in [1.29, 1.82) is 0 Å². The van der Waals surface area contributed by atoms with Gasteiger partial charge in [-0.15, -0.1) is 0 Å². The SMILES string of the molecule is O=C(NCCSCCOc1ccccc1-c1ccccc1OCCSCCNC(=O)c1ccccc1)c1ccccc1. The average Bonchev–Trinajstić information content (AvgIpc) is 3.05. The molecule has 4 aromatic rings. The lowest BCUT2D eigenvalue weighted by molar-refractivity contribution is 0.0948. The first-order valence-corrected chi connectivity index (χ1v) is 16.3. The second-order valence-corrected chi connectivity index (χ2v) is 11.6. The summed E-state index contributed by atoms with van der Waals surface area (Å²) in [5.41, 5.74) is 3.33. The number of nitrogens with one attached hydrogen (secondary N) is 2. The molecule has 0 aliphatic carbocycles. The van der Waals surface area contributed by atoms with Gasteiger partial charge in [-0.2, -0.15) is 23.5 Å². The highest BCUT2D eigenvalue weighted by Crippen LogP contribution is 2.36. The van der Waals surface area contributed by atoms with Gasteiger partial charge in [0, 0.05) is 58.4 Å². The van der Waals surface area contributed by atoms with Crippen molar-refractivity contribution >= 4 is 35.3 Å². The van der Waals surface area contributed by atoms with Crippen LogP contribution in [0.2, 0.25) is 0 Å².